The fourth-order valence-electron chi connectivity index (χ4n) is 2.71. The number of aryl methyl sites for hydroxylation is 1. The molecule has 0 aliphatic heterocycles. The summed E-state index contributed by atoms with van der Waals surface area (Å²) in [5.41, 5.74) is 2.31. The van der Waals surface area contributed by atoms with Crippen molar-refractivity contribution in [2.45, 2.75) is 26.5 Å². The summed E-state index contributed by atoms with van der Waals surface area (Å²) in [4.78, 5) is 20.7. The number of rotatable bonds is 6. The van der Waals surface area contributed by atoms with Gasteiger partial charge in [-0.3, -0.25) is 9.78 Å². The highest BCUT2D eigenvalue weighted by atomic mass is 19.1. The molecule has 0 bridgehead atoms. The van der Waals surface area contributed by atoms with Crippen molar-refractivity contribution in [3.8, 4) is 11.6 Å². The van der Waals surface area contributed by atoms with E-state index in [0.717, 1.165) is 17.7 Å². The molecule has 29 heavy (non-hydrogen) atoms. The zero-order chi connectivity index (χ0) is 21.0. The molecule has 6 nitrogen and oxygen atoms in total. The Morgan fingerprint density at radius 3 is 2.69 bits per heavy atom. The minimum atomic E-state index is -0.872. The molecule has 3 aromatic rings. The van der Waals surface area contributed by atoms with E-state index in [1.807, 2.05) is 0 Å². The van der Waals surface area contributed by atoms with Gasteiger partial charge in [0.05, 0.1) is 18.3 Å². The van der Waals surface area contributed by atoms with Gasteiger partial charge in [-0.1, -0.05) is 6.07 Å². The normalized spacial score (nSPS) is 11.8. The SMILES string of the molecule is Cc1nc(CNC(=O)c2ccnc(Oc3ccc(F)cc3F)c2)ccc1C(C)O. The van der Waals surface area contributed by atoms with Crippen LogP contribution in [0.25, 0.3) is 0 Å². The van der Waals surface area contributed by atoms with Crippen LogP contribution in [0.1, 0.15) is 40.3 Å². The Kier molecular flexibility index (Phi) is 6.13. The smallest absolute Gasteiger partial charge is 0.251 e. The van der Waals surface area contributed by atoms with Gasteiger partial charge in [0, 0.05) is 35.2 Å². The van der Waals surface area contributed by atoms with E-state index in [4.69, 9.17) is 4.74 Å². The summed E-state index contributed by atoms with van der Waals surface area (Å²) in [6, 6.07) is 9.24. The first-order valence-electron chi connectivity index (χ1n) is 8.85. The van der Waals surface area contributed by atoms with Crippen LogP contribution in [0.2, 0.25) is 0 Å². The number of nitrogens with one attached hydrogen (secondary N) is 1. The summed E-state index contributed by atoms with van der Waals surface area (Å²) in [7, 11) is 0. The average molecular weight is 399 g/mol. The van der Waals surface area contributed by atoms with E-state index in [1.54, 1.807) is 26.0 Å². The lowest BCUT2D eigenvalue weighted by atomic mass is 10.1. The second-order valence-corrected chi connectivity index (χ2v) is 6.40. The maximum atomic E-state index is 13.7. The minimum Gasteiger partial charge on any atom is -0.436 e. The molecular formula is C21H19F2N3O3. The molecule has 1 aromatic carbocycles. The third-order valence-electron chi connectivity index (χ3n) is 4.17. The fraction of sp³-hybridized carbons (Fsp3) is 0.190. The molecule has 1 amide bonds. The van der Waals surface area contributed by atoms with E-state index in [2.05, 4.69) is 15.3 Å². The topological polar surface area (TPSA) is 84.3 Å². The molecule has 0 saturated heterocycles. The molecule has 1 atom stereocenters. The number of ether oxygens (including phenoxy) is 1. The third-order valence-corrected chi connectivity index (χ3v) is 4.17. The second-order valence-electron chi connectivity index (χ2n) is 6.40. The van der Waals surface area contributed by atoms with Crippen molar-refractivity contribution >= 4 is 5.91 Å². The highest BCUT2D eigenvalue weighted by Gasteiger charge is 2.12. The molecule has 2 heterocycles. The predicted molar refractivity (Wildman–Crippen MR) is 101 cm³/mol. The van der Waals surface area contributed by atoms with Gasteiger partial charge in [0.25, 0.3) is 5.91 Å². The van der Waals surface area contributed by atoms with Gasteiger partial charge in [-0.05, 0) is 38.1 Å². The lowest BCUT2D eigenvalue weighted by Crippen LogP contribution is -2.23. The van der Waals surface area contributed by atoms with Crippen molar-refractivity contribution in [3.05, 3.63) is 82.8 Å². The van der Waals surface area contributed by atoms with Crippen molar-refractivity contribution in [3.63, 3.8) is 0 Å². The third kappa shape index (κ3) is 5.11. The van der Waals surface area contributed by atoms with Gasteiger partial charge in [0.1, 0.15) is 5.82 Å². The van der Waals surface area contributed by atoms with Gasteiger partial charge in [-0.15, -0.1) is 0 Å². The van der Waals surface area contributed by atoms with Crippen molar-refractivity contribution in [2.24, 2.45) is 0 Å². The van der Waals surface area contributed by atoms with Gasteiger partial charge in [-0.25, -0.2) is 13.8 Å². The number of carbonyl (C=O) groups excluding carboxylic acids is 1. The summed E-state index contributed by atoms with van der Waals surface area (Å²) in [5, 5.41) is 12.4. The van der Waals surface area contributed by atoms with Crippen LogP contribution in [-0.4, -0.2) is 21.0 Å². The van der Waals surface area contributed by atoms with Gasteiger partial charge < -0.3 is 15.2 Å². The Morgan fingerprint density at radius 1 is 1.21 bits per heavy atom. The quantitative estimate of drug-likeness (QED) is 0.658. The lowest BCUT2D eigenvalue weighted by Gasteiger charge is -2.11. The number of nitrogens with zero attached hydrogens (tertiary/aromatic N) is 2. The van der Waals surface area contributed by atoms with E-state index in [1.165, 1.54) is 18.3 Å². The molecule has 0 saturated carbocycles. The number of aliphatic hydroxyl groups excluding tert-OH is 1. The summed E-state index contributed by atoms with van der Waals surface area (Å²) < 4.78 is 32.0. The Balaban J connectivity index is 1.67. The molecule has 0 aliphatic rings. The van der Waals surface area contributed by atoms with Crippen LogP contribution in [0.15, 0.2) is 48.7 Å². The van der Waals surface area contributed by atoms with Crippen molar-refractivity contribution in [1.82, 2.24) is 15.3 Å². The van der Waals surface area contributed by atoms with Crippen molar-refractivity contribution in [2.75, 3.05) is 0 Å². The fourth-order valence-corrected chi connectivity index (χ4v) is 2.71. The molecular weight excluding hydrogens is 380 g/mol. The summed E-state index contributed by atoms with van der Waals surface area (Å²) in [6.45, 7) is 3.63. The van der Waals surface area contributed by atoms with E-state index in [-0.39, 0.29) is 23.7 Å². The van der Waals surface area contributed by atoms with Gasteiger partial charge in [0.2, 0.25) is 5.88 Å². The summed E-state index contributed by atoms with van der Waals surface area (Å²) >= 11 is 0. The molecule has 3 rings (SSSR count). The van der Waals surface area contributed by atoms with Crippen molar-refractivity contribution in [1.29, 1.82) is 0 Å². The lowest BCUT2D eigenvalue weighted by molar-refractivity contribution is 0.0950. The Hall–Kier alpha value is -3.39. The van der Waals surface area contributed by atoms with E-state index >= 15 is 0 Å². The monoisotopic (exact) mass is 399 g/mol. The van der Waals surface area contributed by atoms with Crippen LogP contribution in [0.4, 0.5) is 8.78 Å². The van der Waals surface area contributed by atoms with Crippen LogP contribution in [0.5, 0.6) is 11.6 Å². The number of halogens is 2. The number of aromatic nitrogens is 2. The molecule has 2 aromatic heterocycles. The molecule has 8 heteroatoms. The maximum Gasteiger partial charge on any atom is 0.251 e. The molecule has 0 fully saturated rings. The molecule has 0 aliphatic carbocycles. The van der Waals surface area contributed by atoms with Gasteiger partial charge in [-0.2, -0.15) is 0 Å². The maximum absolute atomic E-state index is 13.7. The average Bonchev–Trinajstić information content (AvgIpc) is 2.68. The number of amides is 1. The molecule has 2 N–H and O–H groups in total. The molecule has 150 valence electrons. The first-order chi connectivity index (χ1) is 13.8. The Labute approximate surface area is 166 Å². The number of aliphatic hydroxyl groups is 1. The highest BCUT2D eigenvalue weighted by Crippen LogP contribution is 2.24. The standard InChI is InChI=1S/C21H19F2N3O3/c1-12-17(13(2)27)5-4-16(26-12)11-25-21(28)14-7-8-24-20(9-14)29-19-6-3-15(22)10-18(19)23/h3-10,13,27H,11H2,1-2H3,(H,25,28). The first kappa shape index (κ1) is 20.3. The van der Waals surface area contributed by atoms with Gasteiger partial charge >= 0.3 is 0 Å². The van der Waals surface area contributed by atoms with E-state index < -0.39 is 23.6 Å². The Morgan fingerprint density at radius 2 is 2.00 bits per heavy atom. The minimum absolute atomic E-state index is 0.00147. The van der Waals surface area contributed by atoms with Crippen LogP contribution in [-0.2, 0) is 6.54 Å². The van der Waals surface area contributed by atoms with Crippen LogP contribution in [0, 0.1) is 18.6 Å². The molecule has 0 radical (unpaired) electrons. The molecule has 0 spiro atoms. The largest absolute Gasteiger partial charge is 0.436 e. The second kappa shape index (κ2) is 8.74. The van der Waals surface area contributed by atoms with E-state index in [9.17, 15) is 18.7 Å². The number of carbonyl (C=O) groups is 1. The van der Waals surface area contributed by atoms with Crippen LogP contribution >= 0.6 is 0 Å². The van der Waals surface area contributed by atoms with Gasteiger partial charge in [0.15, 0.2) is 11.6 Å². The van der Waals surface area contributed by atoms with Crippen LogP contribution in [0.3, 0.4) is 0 Å². The first-order valence-corrected chi connectivity index (χ1v) is 8.85. The zero-order valence-corrected chi connectivity index (χ0v) is 15.8. The van der Waals surface area contributed by atoms with Crippen LogP contribution < -0.4 is 10.1 Å². The predicted octanol–water partition coefficient (Wildman–Crippen LogP) is 3.84. The number of hydrogen-bond acceptors (Lipinski definition) is 5. The molecule has 1 unspecified atom stereocenters. The zero-order valence-electron chi connectivity index (χ0n) is 15.8. The summed E-state index contributed by atoms with van der Waals surface area (Å²) in [5.74, 6) is -2.19. The number of hydrogen-bond donors (Lipinski definition) is 2. The number of pyridine rings is 2. The number of benzene rings is 1. The van der Waals surface area contributed by atoms with E-state index in [0.29, 0.717) is 17.5 Å². The highest BCUT2D eigenvalue weighted by molar-refractivity contribution is 5.94. The summed E-state index contributed by atoms with van der Waals surface area (Å²) in [6.07, 6.45) is 0.734. The Bertz CT molecular complexity index is 1040. The van der Waals surface area contributed by atoms with Crippen molar-refractivity contribution < 1.29 is 23.4 Å².